The zero-order valence-electron chi connectivity index (χ0n) is 21.4. The van der Waals surface area contributed by atoms with E-state index in [-0.39, 0.29) is 0 Å². The lowest BCUT2D eigenvalue weighted by molar-refractivity contribution is 0.669. The molecule has 0 aliphatic heterocycles. The zero-order valence-corrected chi connectivity index (χ0v) is 22.2. The lowest BCUT2D eigenvalue weighted by Gasteiger charge is -2.15. The fraction of sp³-hybridized carbons (Fsp3) is 0. The van der Waals surface area contributed by atoms with Gasteiger partial charge in [-0.2, -0.15) is 5.26 Å². The van der Waals surface area contributed by atoms with Crippen molar-refractivity contribution in [1.82, 2.24) is 0 Å². The first-order chi connectivity index (χ1) is 19.8. The quantitative estimate of drug-likeness (QED) is 0.229. The highest BCUT2D eigenvalue weighted by Gasteiger charge is 2.17. The Bertz CT molecular complexity index is 2280. The van der Waals surface area contributed by atoms with Crippen LogP contribution in [0, 0.1) is 11.3 Å². The van der Waals surface area contributed by atoms with Crippen LogP contribution in [-0.2, 0) is 0 Å². The maximum absolute atomic E-state index is 10.3. The second-order valence-electron chi connectivity index (χ2n) is 10.0. The third kappa shape index (κ3) is 3.55. The Hall–Kier alpha value is -5.17. The van der Waals surface area contributed by atoms with Gasteiger partial charge in [0.2, 0.25) is 0 Å². The highest BCUT2D eigenvalue weighted by molar-refractivity contribution is 7.25. The predicted molar refractivity (Wildman–Crippen MR) is 168 cm³/mol. The van der Waals surface area contributed by atoms with Crippen molar-refractivity contribution in [3.63, 3.8) is 0 Å². The van der Waals surface area contributed by atoms with E-state index >= 15 is 0 Å². The van der Waals surface area contributed by atoms with Gasteiger partial charge >= 0.3 is 0 Å². The molecule has 0 spiro atoms. The Morgan fingerprint density at radius 2 is 1.12 bits per heavy atom. The molecular formula is C37H21NOS. The third-order valence-corrected chi connectivity index (χ3v) is 8.88. The number of thiophene rings is 1. The molecule has 0 fully saturated rings. The minimum Gasteiger partial charge on any atom is -0.456 e. The third-order valence-electron chi connectivity index (χ3n) is 7.74. The van der Waals surface area contributed by atoms with Crippen molar-refractivity contribution in [3.05, 3.63) is 133 Å². The smallest absolute Gasteiger partial charge is 0.136 e. The van der Waals surface area contributed by atoms with Crippen LogP contribution in [0.1, 0.15) is 5.56 Å². The number of rotatable bonds is 3. The summed E-state index contributed by atoms with van der Waals surface area (Å²) in [6.45, 7) is 0. The van der Waals surface area contributed by atoms with Crippen LogP contribution in [-0.4, -0.2) is 0 Å². The van der Waals surface area contributed by atoms with E-state index in [0.29, 0.717) is 5.56 Å². The molecule has 8 aromatic rings. The van der Waals surface area contributed by atoms with Crippen molar-refractivity contribution < 1.29 is 4.42 Å². The summed E-state index contributed by atoms with van der Waals surface area (Å²) in [6.07, 6.45) is 0. The van der Waals surface area contributed by atoms with E-state index in [4.69, 9.17) is 4.42 Å². The number of furan rings is 1. The van der Waals surface area contributed by atoms with E-state index < -0.39 is 0 Å². The topological polar surface area (TPSA) is 36.9 Å². The minimum atomic E-state index is 0.640. The average Bonchev–Trinajstić information content (AvgIpc) is 3.58. The fourth-order valence-electron chi connectivity index (χ4n) is 5.81. The maximum Gasteiger partial charge on any atom is 0.136 e. The first-order valence-corrected chi connectivity index (χ1v) is 14.1. The number of para-hydroxylation sites is 1. The van der Waals surface area contributed by atoms with Gasteiger partial charge in [0.05, 0.1) is 11.6 Å². The Morgan fingerprint density at radius 1 is 0.475 bits per heavy atom. The summed E-state index contributed by atoms with van der Waals surface area (Å²) in [5.74, 6) is 0. The van der Waals surface area contributed by atoms with Gasteiger partial charge in [-0.3, -0.25) is 0 Å². The molecule has 0 bridgehead atoms. The van der Waals surface area contributed by atoms with Gasteiger partial charge in [0.15, 0.2) is 0 Å². The van der Waals surface area contributed by atoms with E-state index in [1.54, 1.807) is 0 Å². The van der Waals surface area contributed by atoms with E-state index in [1.165, 1.54) is 20.2 Å². The summed E-state index contributed by atoms with van der Waals surface area (Å²) in [5, 5.41) is 15.1. The van der Waals surface area contributed by atoms with Crippen LogP contribution in [0.5, 0.6) is 0 Å². The van der Waals surface area contributed by atoms with Crippen LogP contribution in [0.4, 0.5) is 0 Å². The lowest BCUT2D eigenvalue weighted by atomic mass is 9.88. The number of hydrogen-bond donors (Lipinski definition) is 0. The van der Waals surface area contributed by atoms with Crippen molar-refractivity contribution in [2.24, 2.45) is 0 Å². The highest BCUT2D eigenvalue weighted by atomic mass is 32.1. The Morgan fingerprint density at radius 3 is 1.98 bits per heavy atom. The largest absolute Gasteiger partial charge is 0.456 e. The summed E-state index contributed by atoms with van der Waals surface area (Å²) >= 11 is 1.81. The molecule has 3 heteroatoms. The molecule has 0 radical (unpaired) electrons. The first kappa shape index (κ1) is 22.8. The molecule has 0 amide bonds. The normalized spacial score (nSPS) is 11.5. The van der Waals surface area contributed by atoms with Gasteiger partial charge in [0.25, 0.3) is 0 Å². The molecule has 40 heavy (non-hydrogen) atoms. The van der Waals surface area contributed by atoms with Crippen LogP contribution in [0.2, 0.25) is 0 Å². The number of fused-ring (bicyclic) bond motifs is 6. The van der Waals surface area contributed by atoms with Crippen LogP contribution in [0.15, 0.2) is 132 Å². The summed E-state index contributed by atoms with van der Waals surface area (Å²) in [5.41, 5.74) is 8.56. The Labute approximate surface area is 235 Å². The fourth-order valence-corrected chi connectivity index (χ4v) is 6.96. The van der Waals surface area contributed by atoms with Crippen LogP contribution >= 0.6 is 11.3 Å². The van der Waals surface area contributed by atoms with Crippen molar-refractivity contribution in [2.75, 3.05) is 0 Å². The van der Waals surface area contributed by atoms with Gasteiger partial charge in [-0.05, 0) is 70.3 Å². The molecule has 6 aromatic carbocycles. The molecule has 186 valence electrons. The van der Waals surface area contributed by atoms with E-state index in [2.05, 4.69) is 109 Å². The average molecular weight is 528 g/mol. The summed E-state index contributed by atoms with van der Waals surface area (Å²) in [6, 6.07) is 46.7. The molecular weight excluding hydrogens is 506 g/mol. The van der Waals surface area contributed by atoms with Gasteiger partial charge in [0.1, 0.15) is 11.2 Å². The second-order valence-corrected chi connectivity index (χ2v) is 11.1. The summed E-state index contributed by atoms with van der Waals surface area (Å²) in [7, 11) is 0. The minimum absolute atomic E-state index is 0.640. The molecule has 2 nitrogen and oxygen atoms in total. The summed E-state index contributed by atoms with van der Waals surface area (Å²) in [4.78, 5) is 0. The molecule has 0 aliphatic carbocycles. The van der Waals surface area contributed by atoms with Gasteiger partial charge in [0, 0.05) is 36.5 Å². The number of benzene rings is 6. The molecule has 2 heterocycles. The first-order valence-electron chi connectivity index (χ1n) is 13.2. The maximum atomic E-state index is 10.3. The van der Waals surface area contributed by atoms with Crippen molar-refractivity contribution in [1.29, 1.82) is 5.26 Å². The predicted octanol–water partition coefficient (Wildman–Crippen LogP) is 10.8. The van der Waals surface area contributed by atoms with E-state index in [0.717, 1.165) is 55.3 Å². The van der Waals surface area contributed by atoms with Gasteiger partial charge in [-0.1, -0.05) is 84.9 Å². The molecule has 0 N–H and O–H groups in total. The zero-order chi connectivity index (χ0) is 26.6. The van der Waals surface area contributed by atoms with E-state index in [9.17, 15) is 5.26 Å². The monoisotopic (exact) mass is 527 g/mol. The SMILES string of the molecule is N#Cc1cc(-c2ccc3c(c2)sc2ccccc23)c(-c2ccccc2)cc1-c1ccc2c(c1)oc1ccccc12. The lowest BCUT2D eigenvalue weighted by Crippen LogP contribution is -1.92. The summed E-state index contributed by atoms with van der Waals surface area (Å²) < 4.78 is 8.71. The standard InChI is InChI=1S/C37H21NOS/c38-22-26-18-32(25-15-17-30-29-11-5-7-13-36(29)40-37(30)20-25)33(23-8-2-1-3-9-23)21-31(26)24-14-16-28-27-10-4-6-12-34(27)39-35(28)19-24/h1-21H. The van der Waals surface area contributed by atoms with Crippen molar-refractivity contribution >= 4 is 53.4 Å². The van der Waals surface area contributed by atoms with Crippen LogP contribution in [0.3, 0.4) is 0 Å². The molecule has 8 rings (SSSR count). The van der Waals surface area contributed by atoms with Gasteiger partial charge < -0.3 is 4.42 Å². The number of nitriles is 1. The van der Waals surface area contributed by atoms with Crippen LogP contribution in [0.25, 0.3) is 75.5 Å². The van der Waals surface area contributed by atoms with Crippen molar-refractivity contribution in [3.8, 4) is 39.4 Å². The highest BCUT2D eigenvalue weighted by Crippen LogP contribution is 2.42. The second kappa shape index (κ2) is 8.95. The van der Waals surface area contributed by atoms with Crippen LogP contribution < -0.4 is 0 Å². The number of nitrogens with zero attached hydrogens (tertiary/aromatic N) is 1. The number of hydrogen-bond acceptors (Lipinski definition) is 3. The molecule has 0 saturated carbocycles. The van der Waals surface area contributed by atoms with E-state index in [1.807, 2.05) is 35.6 Å². The van der Waals surface area contributed by atoms with Crippen molar-refractivity contribution in [2.45, 2.75) is 0 Å². The Balaban J connectivity index is 1.36. The molecule has 0 unspecified atom stereocenters. The Kier molecular flexibility index (Phi) is 5.10. The van der Waals surface area contributed by atoms with Gasteiger partial charge in [-0.15, -0.1) is 11.3 Å². The molecule has 0 atom stereocenters. The van der Waals surface area contributed by atoms with Gasteiger partial charge in [-0.25, -0.2) is 0 Å². The molecule has 0 saturated heterocycles. The molecule has 0 aliphatic rings. The molecule has 2 aromatic heterocycles.